The number of ether oxygens (including phenoxy) is 3. The number of carbonyl (C=O) groups excluding carboxylic acids is 1. The van der Waals surface area contributed by atoms with Crippen molar-refractivity contribution >= 4 is 16.8 Å². The molecule has 1 amide bonds. The second-order valence-corrected chi connectivity index (χ2v) is 10.7. The first-order chi connectivity index (χ1) is 18.0. The Morgan fingerprint density at radius 2 is 1.89 bits per heavy atom. The number of rotatable bonds is 11. The zero-order valence-corrected chi connectivity index (χ0v) is 23.0. The molecule has 1 atom stereocenters. The Hall–Kier alpha value is -2.38. The zero-order valence-electron chi connectivity index (χ0n) is 23.0. The number of hydrogen-bond acceptors (Lipinski definition) is 6. The van der Waals surface area contributed by atoms with Gasteiger partial charge in [-0.2, -0.15) is 0 Å². The molecule has 1 saturated heterocycles. The van der Waals surface area contributed by atoms with Gasteiger partial charge in [-0.15, -0.1) is 0 Å². The fourth-order valence-electron chi connectivity index (χ4n) is 5.40. The van der Waals surface area contributed by atoms with Crippen molar-refractivity contribution in [2.24, 2.45) is 0 Å². The van der Waals surface area contributed by atoms with E-state index in [1.165, 1.54) is 25.7 Å². The molecular formula is C30H45N3O4. The number of piperidine rings is 1. The second-order valence-electron chi connectivity index (χ2n) is 10.7. The summed E-state index contributed by atoms with van der Waals surface area (Å²) in [5.41, 5.74) is 1.08. The Balaban J connectivity index is 1.58. The fraction of sp³-hybridized carbons (Fsp3) is 0.667. The van der Waals surface area contributed by atoms with E-state index in [2.05, 4.69) is 24.1 Å². The van der Waals surface area contributed by atoms with E-state index in [0.717, 1.165) is 56.3 Å². The molecule has 0 radical (unpaired) electrons. The number of pyridine rings is 1. The molecule has 2 aliphatic rings. The van der Waals surface area contributed by atoms with E-state index in [1.54, 1.807) is 6.07 Å². The minimum absolute atomic E-state index is 0.120. The van der Waals surface area contributed by atoms with Gasteiger partial charge in [0.2, 0.25) is 0 Å². The maximum Gasteiger partial charge on any atom is 0.270 e. The molecule has 0 unspecified atom stereocenters. The molecule has 2 heterocycles. The van der Waals surface area contributed by atoms with E-state index in [1.807, 2.05) is 25.1 Å². The Kier molecular flexibility index (Phi) is 10.4. The Morgan fingerprint density at radius 1 is 1.08 bits per heavy atom. The van der Waals surface area contributed by atoms with Gasteiger partial charge >= 0.3 is 0 Å². The topological polar surface area (TPSA) is 72.9 Å². The third-order valence-corrected chi connectivity index (χ3v) is 7.51. The highest BCUT2D eigenvalue weighted by atomic mass is 16.5. The lowest BCUT2D eigenvalue weighted by Crippen LogP contribution is -2.49. The summed E-state index contributed by atoms with van der Waals surface area (Å²) in [5, 5.41) is 4.12. The molecule has 2 aromatic rings. The van der Waals surface area contributed by atoms with Gasteiger partial charge in [-0.1, -0.05) is 18.9 Å². The van der Waals surface area contributed by atoms with Crippen LogP contribution in [0.4, 0.5) is 0 Å². The summed E-state index contributed by atoms with van der Waals surface area (Å²) in [6.07, 6.45) is 10.1. The van der Waals surface area contributed by atoms with Gasteiger partial charge in [0, 0.05) is 49.7 Å². The SMILES string of the molecule is CCOCCCOc1cc(C(=O)N[C@@H]2CCCN(C(C)C)C2)nc2c(OC3CCCCCC3)cccc12. The number of carbonyl (C=O) groups is 1. The van der Waals surface area contributed by atoms with Gasteiger partial charge in [-0.05, 0) is 78.0 Å². The van der Waals surface area contributed by atoms with E-state index >= 15 is 0 Å². The molecule has 1 N–H and O–H groups in total. The van der Waals surface area contributed by atoms with Crippen molar-refractivity contribution in [3.63, 3.8) is 0 Å². The largest absolute Gasteiger partial charge is 0.493 e. The van der Waals surface area contributed by atoms with Crippen molar-refractivity contribution in [1.82, 2.24) is 15.2 Å². The highest BCUT2D eigenvalue weighted by Gasteiger charge is 2.25. The van der Waals surface area contributed by atoms with Crippen molar-refractivity contribution < 1.29 is 19.0 Å². The molecule has 1 aromatic heterocycles. The van der Waals surface area contributed by atoms with Crippen LogP contribution in [-0.4, -0.2) is 66.9 Å². The van der Waals surface area contributed by atoms with Crippen LogP contribution in [-0.2, 0) is 4.74 Å². The summed E-state index contributed by atoms with van der Waals surface area (Å²) in [6, 6.07) is 8.35. The van der Waals surface area contributed by atoms with Crippen LogP contribution in [0.3, 0.4) is 0 Å². The molecule has 1 saturated carbocycles. The van der Waals surface area contributed by atoms with Crippen LogP contribution in [0.25, 0.3) is 10.9 Å². The van der Waals surface area contributed by atoms with E-state index in [0.29, 0.717) is 42.8 Å². The predicted molar refractivity (Wildman–Crippen MR) is 148 cm³/mol. The Labute approximate surface area is 222 Å². The van der Waals surface area contributed by atoms with Crippen molar-refractivity contribution in [1.29, 1.82) is 0 Å². The molecule has 204 valence electrons. The van der Waals surface area contributed by atoms with Crippen LogP contribution in [0.5, 0.6) is 11.5 Å². The summed E-state index contributed by atoms with van der Waals surface area (Å²) >= 11 is 0. The average Bonchev–Trinajstić information content (AvgIpc) is 3.17. The van der Waals surface area contributed by atoms with Crippen LogP contribution >= 0.6 is 0 Å². The molecule has 7 nitrogen and oxygen atoms in total. The summed E-state index contributed by atoms with van der Waals surface area (Å²) in [7, 11) is 0. The first-order valence-electron chi connectivity index (χ1n) is 14.4. The number of hydrogen-bond donors (Lipinski definition) is 1. The van der Waals surface area contributed by atoms with Crippen molar-refractivity contribution in [3.05, 3.63) is 30.0 Å². The lowest BCUT2D eigenvalue weighted by molar-refractivity contribution is 0.0881. The molecule has 2 fully saturated rings. The summed E-state index contributed by atoms with van der Waals surface area (Å²) in [4.78, 5) is 20.7. The molecule has 7 heteroatoms. The Morgan fingerprint density at radius 3 is 2.65 bits per heavy atom. The van der Waals surface area contributed by atoms with Gasteiger partial charge in [0.05, 0.1) is 12.7 Å². The van der Waals surface area contributed by atoms with Crippen LogP contribution in [0.15, 0.2) is 24.3 Å². The van der Waals surface area contributed by atoms with Crippen molar-refractivity contribution in [2.75, 3.05) is 32.9 Å². The summed E-state index contributed by atoms with van der Waals surface area (Å²) in [6.45, 7) is 10.2. The highest BCUT2D eigenvalue weighted by molar-refractivity contribution is 5.98. The third kappa shape index (κ3) is 7.81. The van der Waals surface area contributed by atoms with E-state index in [9.17, 15) is 4.79 Å². The van der Waals surface area contributed by atoms with Gasteiger partial charge in [-0.25, -0.2) is 4.98 Å². The molecule has 1 aromatic carbocycles. The maximum absolute atomic E-state index is 13.4. The minimum atomic E-state index is -0.152. The number of fused-ring (bicyclic) bond motifs is 1. The quantitative estimate of drug-likeness (QED) is 0.306. The van der Waals surface area contributed by atoms with E-state index in [-0.39, 0.29) is 18.1 Å². The fourth-order valence-corrected chi connectivity index (χ4v) is 5.40. The zero-order chi connectivity index (χ0) is 26.0. The smallest absolute Gasteiger partial charge is 0.270 e. The lowest BCUT2D eigenvalue weighted by Gasteiger charge is -2.35. The summed E-state index contributed by atoms with van der Waals surface area (Å²) < 4.78 is 18.2. The van der Waals surface area contributed by atoms with Crippen molar-refractivity contribution in [2.45, 2.75) is 96.7 Å². The lowest BCUT2D eigenvalue weighted by atomic mass is 10.0. The number of para-hydroxylation sites is 1. The molecule has 4 rings (SSSR count). The van der Waals surface area contributed by atoms with Gasteiger partial charge in [0.15, 0.2) is 0 Å². The van der Waals surface area contributed by atoms with Gasteiger partial charge in [0.25, 0.3) is 5.91 Å². The second kappa shape index (κ2) is 14.0. The third-order valence-electron chi connectivity index (χ3n) is 7.51. The Bertz CT molecular complexity index is 1000. The number of nitrogens with zero attached hydrogens (tertiary/aromatic N) is 2. The van der Waals surface area contributed by atoms with Crippen LogP contribution < -0.4 is 14.8 Å². The predicted octanol–water partition coefficient (Wildman–Crippen LogP) is 5.74. The summed E-state index contributed by atoms with van der Waals surface area (Å²) in [5.74, 6) is 1.26. The van der Waals surface area contributed by atoms with Crippen molar-refractivity contribution in [3.8, 4) is 11.5 Å². The van der Waals surface area contributed by atoms with Gasteiger partial charge in [-0.3, -0.25) is 9.69 Å². The standard InChI is InChI=1S/C30H45N3O4/c1-4-35-18-11-19-36-28-20-26(30(34)31-23-12-10-17-33(21-23)22(2)3)32-29-25(28)15-9-16-27(29)37-24-13-7-5-6-8-14-24/h9,15-16,20,22-24H,4-8,10-14,17-19,21H2,1-3H3,(H,31,34)/t23-/m1/s1. The molecule has 0 bridgehead atoms. The number of benzene rings is 1. The van der Waals surface area contributed by atoms with Gasteiger partial charge < -0.3 is 19.5 Å². The number of aromatic nitrogens is 1. The maximum atomic E-state index is 13.4. The highest BCUT2D eigenvalue weighted by Crippen LogP contribution is 2.34. The minimum Gasteiger partial charge on any atom is -0.493 e. The normalized spacial score (nSPS) is 19.6. The number of likely N-dealkylation sites (tertiary alicyclic amines) is 1. The molecule has 1 aliphatic heterocycles. The van der Waals surface area contributed by atoms with Gasteiger partial charge in [0.1, 0.15) is 22.7 Å². The van der Waals surface area contributed by atoms with Crippen LogP contribution in [0.1, 0.15) is 89.0 Å². The molecular weight excluding hydrogens is 466 g/mol. The molecule has 37 heavy (non-hydrogen) atoms. The first kappa shape index (κ1) is 27.6. The van der Waals surface area contributed by atoms with E-state index < -0.39 is 0 Å². The molecule has 0 spiro atoms. The molecule has 1 aliphatic carbocycles. The number of amides is 1. The van der Waals surface area contributed by atoms with Crippen LogP contribution in [0.2, 0.25) is 0 Å². The average molecular weight is 512 g/mol. The number of nitrogens with one attached hydrogen (secondary N) is 1. The monoisotopic (exact) mass is 511 g/mol. The van der Waals surface area contributed by atoms with Crippen LogP contribution in [0, 0.1) is 0 Å². The van der Waals surface area contributed by atoms with E-state index in [4.69, 9.17) is 19.2 Å². The first-order valence-corrected chi connectivity index (χ1v) is 14.4.